The molecule has 0 aromatic carbocycles. The molecule has 1 unspecified atom stereocenters. The summed E-state index contributed by atoms with van der Waals surface area (Å²) in [5, 5.41) is 3.59. The topological polar surface area (TPSA) is 21.3 Å². The molecule has 3 heteroatoms. The molecule has 0 aliphatic carbocycles. The van der Waals surface area contributed by atoms with Crippen molar-refractivity contribution >= 4 is 11.3 Å². The lowest BCUT2D eigenvalue weighted by molar-refractivity contribution is 0.148. The molecule has 1 fully saturated rings. The summed E-state index contributed by atoms with van der Waals surface area (Å²) < 4.78 is 5.66. The van der Waals surface area contributed by atoms with Crippen LogP contribution in [-0.4, -0.2) is 25.8 Å². The number of nitrogens with one attached hydrogen (secondary N) is 1. The van der Waals surface area contributed by atoms with Crippen LogP contribution in [0.1, 0.15) is 36.9 Å². The Kier molecular flexibility index (Phi) is 4.82. The molecule has 1 atom stereocenters. The highest BCUT2D eigenvalue weighted by atomic mass is 32.1. The number of rotatable bonds is 6. The summed E-state index contributed by atoms with van der Waals surface area (Å²) in [6.45, 7) is 9.56. The standard InChI is InChI=1S/C15H25NOS/c1-4-13-5-6-14(18-13)9-15(7-8-17-11-15)10-16-12(2)3/h5-6,12,16H,4,7-11H2,1-3H3. The average Bonchev–Trinajstić information content (AvgIpc) is 2.97. The summed E-state index contributed by atoms with van der Waals surface area (Å²) in [4.78, 5) is 3.01. The van der Waals surface area contributed by atoms with E-state index >= 15 is 0 Å². The Morgan fingerprint density at radius 2 is 2.17 bits per heavy atom. The van der Waals surface area contributed by atoms with Crippen molar-refractivity contribution in [1.29, 1.82) is 0 Å². The van der Waals surface area contributed by atoms with Gasteiger partial charge >= 0.3 is 0 Å². The minimum absolute atomic E-state index is 0.320. The molecule has 1 saturated heterocycles. The molecule has 1 aromatic rings. The first kappa shape index (κ1) is 14.0. The quantitative estimate of drug-likeness (QED) is 0.854. The van der Waals surface area contributed by atoms with Crippen molar-refractivity contribution in [2.45, 2.75) is 46.1 Å². The Bertz CT molecular complexity index is 366. The maximum Gasteiger partial charge on any atom is 0.0538 e. The van der Waals surface area contributed by atoms with Crippen LogP contribution in [0.15, 0.2) is 12.1 Å². The fourth-order valence-electron chi connectivity index (χ4n) is 2.49. The van der Waals surface area contributed by atoms with Crippen molar-refractivity contribution < 1.29 is 4.74 Å². The van der Waals surface area contributed by atoms with Gasteiger partial charge in [0.25, 0.3) is 0 Å². The summed E-state index contributed by atoms with van der Waals surface area (Å²) in [5.41, 5.74) is 0.320. The zero-order valence-corrected chi connectivity index (χ0v) is 12.6. The molecule has 1 aliphatic rings. The van der Waals surface area contributed by atoms with Gasteiger partial charge in [-0.1, -0.05) is 20.8 Å². The average molecular weight is 267 g/mol. The van der Waals surface area contributed by atoms with Crippen molar-refractivity contribution in [3.05, 3.63) is 21.9 Å². The number of hydrogen-bond acceptors (Lipinski definition) is 3. The predicted octanol–water partition coefficient (Wildman–Crippen LogP) is 3.26. The minimum atomic E-state index is 0.320. The van der Waals surface area contributed by atoms with Crippen LogP contribution in [0.5, 0.6) is 0 Å². The SMILES string of the molecule is CCc1ccc(CC2(CNC(C)C)CCOC2)s1. The van der Waals surface area contributed by atoms with Crippen LogP contribution in [0.2, 0.25) is 0 Å². The van der Waals surface area contributed by atoms with Gasteiger partial charge in [-0.25, -0.2) is 0 Å². The van der Waals surface area contributed by atoms with Gasteiger partial charge in [-0.05, 0) is 31.4 Å². The lowest BCUT2D eigenvalue weighted by Gasteiger charge is -2.28. The van der Waals surface area contributed by atoms with E-state index in [1.54, 1.807) is 0 Å². The summed E-state index contributed by atoms with van der Waals surface area (Å²) in [6, 6.07) is 5.13. The number of ether oxygens (including phenoxy) is 1. The molecular formula is C15H25NOS. The summed E-state index contributed by atoms with van der Waals surface area (Å²) in [6.07, 6.45) is 3.50. The van der Waals surface area contributed by atoms with Crippen LogP contribution in [0.4, 0.5) is 0 Å². The lowest BCUT2D eigenvalue weighted by Crippen LogP contribution is -2.39. The van der Waals surface area contributed by atoms with Crippen LogP contribution in [-0.2, 0) is 17.6 Å². The zero-order chi connectivity index (χ0) is 13.0. The van der Waals surface area contributed by atoms with Crippen LogP contribution in [0.25, 0.3) is 0 Å². The molecule has 1 aromatic heterocycles. The first-order valence-corrected chi connectivity index (χ1v) is 7.84. The minimum Gasteiger partial charge on any atom is -0.381 e. The molecule has 1 aliphatic heterocycles. The first-order chi connectivity index (χ1) is 8.63. The van der Waals surface area contributed by atoms with Crippen molar-refractivity contribution in [2.24, 2.45) is 5.41 Å². The Labute approximate surface area is 115 Å². The summed E-state index contributed by atoms with van der Waals surface area (Å²) >= 11 is 1.97. The van der Waals surface area contributed by atoms with Gasteiger partial charge < -0.3 is 10.1 Å². The molecule has 2 heterocycles. The molecule has 2 rings (SSSR count). The van der Waals surface area contributed by atoms with E-state index in [0.717, 1.165) is 32.6 Å². The highest BCUT2D eigenvalue weighted by Crippen LogP contribution is 2.34. The number of thiophene rings is 1. The fourth-order valence-corrected chi connectivity index (χ4v) is 3.62. The van der Waals surface area contributed by atoms with Gasteiger partial charge in [-0.2, -0.15) is 0 Å². The van der Waals surface area contributed by atoms with Crippen LogP contribution in [0, 0.1) is 5.41 Å². The van der Waals surface area contributed by atoms with Crippen molar-refractivity contribution in [2.75, 3.05) is 19.8 Å². The van der Waals surface area contributed by atoms with E-state index < -0.39 is 0 Å². The molecular weight excluding hydrogens is 242 g/mol. The monoisotopic (exact) mass is 267 g/mol. The normalized spacial score (nSPS) is 24.0. The molecule has 0 spiro atoms. The number of aryl methyl sites for hydroxylation is 1. The lowest BCUT2D eigenvalue weighted by atomic mass is 9.83. The highest BCUT2D eigenvalue weighted by molar-refractivity contribution is 7.11. The maximum atomic E-state index is 5.66. The van der Waals surface area contributed by atoms with Crippen molar-refractivity contribution in [1.82, 2.24) is 5.32 Å². The van der Waals surface area contributed by atoms with Gasteiger partial charge in [0.2, 0.25) is 0 Å². The largest absolute Gasteiger partial charge is 0.381 e. The third-order valence-electron chi connectivity index (χ3n) is 3.69. The van der Waals surface area contributed by atoms with Gasteiger partial charge in [0.05, 0.1) is 6.61 Å². The Morgan fingerprint density at radius 3 is 2.72 bits per heavy atom. The molecule has 0 bridgehead atoms. The van der Waals surface area contributed by atoms with E-state index in [4.69, 9.17) is 4.74 Å². The second kappa shape index (κ2) is 6.18. The first-order valence-electron chi connectivity index (χ1n) is 7.02. The second-order valence-electron chi connectivity index (χ2n) is 5.74. The van der Waals surface area contributed by atoms with E-state index in [-0.39, 0.29) is 0 Å². The third-order valence-corrected chi connectivity index (χ3v) is 4.91. The van der Waals surface area contributed by atoms with E-state index in [1.807, 2.05) is 11.3 Å². The summed E-state index contributed by atoms with van der Waals surface area (Å²) in [5.74, 6) is 0. The smallest absolute Gasteiger partial charge is 0.0538 e. The zero-order valence-electron chi connectivity index (χ0n) is 11.8. The van der Waals surface area contributed by atoms with Gasteiger partial charge in [0, 0.05) is 34.4 Å². The summed E-state index contributed by atoms with van der Waals surface area (Å²) in [7, 11) is 0. The number of hydrogen-bond donors (Lipinski definition) is 1. The molecule has 0 saturated carbocycles. The van der Waals surface area contributed by atoms with Crippen molar-refractivity contribution in [3.63, 3.8) is 0 Å². The van der Waals surface area contributed by atoms with Gasteiger partial charge in [0.1, 0.15) is 0 Å². The fraction of sp³-hybridized carbons (Fsp3) is 0.733. The highest BCUT2D eigenvalue weighted by Gasteiger charge is 2.35. The maximum absolute atomic E-state index is 5.66. The Hall–Kier alpha value is -0.380. The molecule has 18 heavy (non-hydrogen) atoms. The molecule has 0 amide bonds. The molecule has 0 radical (unpaired) electrons. The molecule has 102 valence electrons. The van der Waals surface area contributed by atoms with E-state index in [9.17, 15) is 0 Å². The molecule has 1 N–H and O–H groups in total. The van der Waals surface area contributed by atoms with Gasteiger partial charge in [-0.15, -0.1) is 11.3 Å². The third kappa shape index (κ3) is 3.56. The second-order valence-corrected chi connectivity index (χ2v) is 6.99. The Balaban J connectivity index is 2.01. The van der Waals surface area contributed by atoms with Crippen molar-refractivity contribution in [3.8, 4) is 0 Å². The van der Waals surface area contributed by atoms with E-state index in [2.05, 4.69) is 38.2 Å². The van der Waals surface area contributed by atoms with E-state index in [1.165, 1.54) is 16.2 Å². The molecule has 2 nitrogen and oxygen atoms in total. The van der Waals surface area contributed by atoms with Crippen LogP contribution in [0.3, 0.4) is 0 Å². The van der Waals surface area contributed by atoms with Crippen LogP contribution >= 0.6 is 11.3 Å². The predicted molar refractivity (Wildman–Crippen MR) is 78.4 cm³/mol. The van der Waals surface area contributed by atoms with E-state index in [0.29, 0.717) is 11.5 Å². The van der Waals surface area contributed by atoms with Gasteiger partial charge in [0.15, 0.2) is 0 Å². The van der Waals surface area contributed by atoms with Gasteiger partial charge in [-0.3, -0.25) is 0 Å². The van der Waals surface area contributed by atoms with Crippen LogP contribution < -0.4 is 5.32 Å². The Morgan fingerprint density at radius 1 is 1.39 bits per heavy atom.